The topological polar surface area (TPSA) is 59.0 Å². The van der Waals surface area contributed by atoms with Crippen molar-refractivity contribution in [3.05, 3.63) is 18.0 Å². The van der Waals surface area contributed by atoms with E-state index < -0.39 is 0 Å². The Kier molecular flexibility index (Phi) is 4.80. The molecule has 1 amide bonds. The van der Waals surface area contributed by atoms with E-state index in [1.165, 1.54) is 38.5 Å². The van der Waals surface area contributed by atoms with Crippen LogP contribution in [0.25, 0.3) is 0 Å². The van der Waals surface area contributed by atoms with Gasteiger partial charge >= 0.3 is 0 Å². The number of nitrogens with one attached hydrogen (secondary N) is 2. The van der Waals surface area contributed by atoms with E-state index >= 15 is 0 Å². The van der Waals surface area contributed by atoms with Gasteiger partial charge < -0.3 is 10.6 Å². The first kappa shape index (κ1) is 17.3. The first-order chi connectivity index (χ1) is 11.8. The van der Waals surface area contributed by atoms with Crippen molar-refractivity contribution in [2.24, 2.45) is 23.7 Å². The van der Waals surface area contributed by atoms with Gasteiger partial charge in [0.25, 0.3) is 5.91 Å². The molecule has 25 heavy (non-hydrogen) atoms. The third kappa shape index (κ3) is 3.21. The van der Waals surface area contributed by atoms with Crippen molar-refractivity contribution in [1.29, 1.82) is 0 Å². The lowest BCUT2D eigenvalue weighted by atomic mass is 9.54. The molecule has 4 aliphatic carbocycles. The van der Waals surface area contributed by atoms with Gasteiger partial charge in [-0.3, -0.25) is 9.48 Å². The summed E-state index contributed by atoms with van der Waals surface area (Å²) in [6.07, 6.45) is 11.1. The molecule has 1 saturated heterocycles. The predicted molar refractivity (Wildman–Crippen MR) is 98.9 cm³/mol. The second-order valence-corrected chi connectivity index (χ2v) is 8.61. The zero-order valence-corrected chi connectivity index (χ0v) is 15.5. The molecule has 5 fully saturated rings. The van der Waals surface area contributed by atoms with E-state index in [2.05, 4.69) is 15.7 Å². The second kappa shape index (κ2) is 6.92. The summed E-state index contributed by atoms with van der Waals surface area (Å²) in [5.41, 5.74) is 0.592. The predicted octanol–water partition coefficient (Wildman–Crippen LogP) is 2.78. The average Bonchev–Trinajstić information content (AvgIpc) is 3.08. The maximum absolute atomic E-state index is 12.7. The number of carbonyl (C=O) groups is 1. The fraction of sp³-hybridized carbons (Fsp3) is 0.789. The fourth-order valence-electron chi connectivity index (χ4n) is 6.11. The Morgan fingerprint density at radius 2 is 1.88 bits per heavy atom. The first-order valence-corrected chi connectivity index (χ1v) is 9.83. The molecule has 0 aromatic carbocycles. The Labute approximate surface area is 155 Å². The molecule has 5 nitrogen and oxygen atoms in total. The van der Waals surface area contributed by atoms with Crippen molar-refractivity contribution in [3.63, 3.8) is 0 Å². The maximum Gasteiger partial charge on any atom is 0.272 e. The summed E-state index contributed by atoms with van der Waals surface area (Å²) in [5, 5.41) is 11.4. The monoisotopic (exact) mass is 364 g/mol. The molecule has 1 unspecified atom stereocenters. The third-order valence-electron chi connectivity index (χ3n) is 7.01. The zero-order chi connectivity index (χ0) is 16.1. The third-order valence-corrected chi connectivity index (χ3v) is 7.01. The second-order valence-electron chi connectivity index (χ2n) is 8.61. The van der Waals surface area contributed by atoms with E-state index in [1.54, 1.807) is 0 Å². The number of halogens is 1. The van der Waals surface area contributed by atoms with Crippen molar-refractivity contribution in [2.45, 2.75) is 57.0 Å². The summed E-state index contributed by atoms with van der Waals surface area (Å²) in [6.45, 7) is 2.05. The molecular formula is C19H29ClN4O. The zero-order valence-electron chi connectivity index (χ0n) is 14.7. The smallest absolute Gasteiger partial charge is 0.272 e. The lowest BCUT2D eigenvalue weighted by Crippen LogP contribution is -2.55. The highest BCUT2D eigenvalue weighted by atomic mass is 35.5. The van der Waals surface area contributed by atoms with Gasteiger partial charge in [-0.2, -0.15) is 5.10 Å². The normalized spacial score (nSPS) is 39.0. The lowest BCUT2D eigenvalue weighted by Gasteiger charge is -2.54. The molecule has 1 aromatic heterocycles. The summed E-state index contributed by atoms with van der Waals surface area (Å²) < 4.78 is 1.98. The van der Waals surface area contributed by atoms with E-state index in [0.29, 0.717) is 17.8 Å². The lowest BCUT2D eigenvalue weighted by molar-refractivity contribution is -0.0120. The molecule has 0 spiro atoms. The van der Waals surface area contributed by atoms with Crippen LogP contribution in [0.5, 0.6) is 0 Å². The standard InChI is InChI=1S/C19H28N4O.ClH/c24-19(17-3-5-23(22-17)16-2-1-4-20-11-16)21-18-14-7-12-6-13(9-14)10-15(18)8-12;/h3,5,12-16,18,20H,1-2,4,6-11H2,(H,21,24);1H. The fourth-order valence-corrected chi connectivity index (χ4v) is 6.11. The Morgan fingerprint density at radius 3 is 2.52 bits per heavy atom. The van der Waals surface area contributed by atoms with E-state index in [4.69, 9.17) is 0 Å². The molecule has 5 aliphatic rings. The summed E-state index contributed by atoms with van der Waals surface area (Å²) in [7, 11) is 0. The van der Waals surface area contributed by atoms with E-state index in [9.17, 15) is 4.79 Å². The van der Waals surface area contributed by atoms with Crippen LogP contribution in [0, 0.1) is 23.7 Å². The molecule has 138 valence electrons. The summed E-state index contributed by atoms with van der Waals surface area (Å²) in [4.78, 5) is 12.7. The van der Waals surface area contributed by atoms with Crippen molar-refractivity contribution in [3.8, 4) is 0 Å². The van der Waals surface area contributed by atoms with Gasteiger partial charge in [-0.05, 0) is 81.2 Å². The van der Waals surface area contributed by atoms with Gasteiger partial charge in [-0.1, -0.05) is 0 Å². The van der Waals surface area contributed by atoms with Crippen molar-refractivity contribution >= 4 is 18.3 Å². The van der Waals surface area contributed by atoms with Gasteiger partial charge in [0.05, 0.1) is 6.04 Å². The SMILES string of the molecule is Cl.O=C(NC1C2CC3CC(C2)CC1C3)c1ccn(C2CCCNC2)n1. The van der Waals surface area contributed by atoms with Gasteiger partial charge in [0.15, 0.2) is 0 Å². The molecule has 4 bridgehead atoms. The van der Waals surface area contributed by atoms with Crippen LogP contribution < -0.4 is 10.6 Å². The number of aromatic nitrogens is 2. The highest BCUT2D eigenvalue weighted by Crippen LogP contribution is 2.53. The van der Waals surface area contributed by atoms with Gasteiger partial charge in [0.1, 0.15) is 5.69 Å². The van der Waals surface area contributed by atoms with Gasteiger partial charge in [-0.25, -0.2) is 0 Å². The minimum Gasteiger partial charge on any atom is -0.347 e. The summed E-state index contributed by atoms with van der Waals surface area (Å²) >= 11 is 0. The quantitative estimate of drug-likeness (QED) is 0.867. The van der Waals surface area contributed by atoms with Gasteiger partial charge in [-0.15, -0.1) is 12.4 Å². The Balaban J connectivity index is 0.00000157. The van der Waals surface area contributed by atoms with Crippen LogP contribution >= 0.6 is 12.4 Å². The molecule has 6 heteroatoms. The molecular weight excluding hydrogens is 336 g/mol. The molecule has 1 atom stereocenters. The Morgan fingerprint density at radius 1 is 1.16 bits per heavy atom. The molecule has 0 radical (unpaired) electrons. The maximum atomic E-state index is 12.7. The van der Waals surface area contributed by atoms with Crippen LogP contribution in [0.2, 0.25) is 0 Å². The molecule has 6 rings (SSSR count). The Hall–Kier alpha value is -1.07. The number of carbonyl (C=O) groups excluding carboxylic acids is 1. The van der Waals surface area contributed by atoms with Gasteiger partial charge in [0.2, 0.25) is 0 Å². The van der Waals surface area contributed by atoms with Crippen LogP contribution in [0.4, 0.5) is 0 Å². The molecule has 4 saturated carbocycles. The van der Waals surface area contributed by atoms with Crippen LogP contribution in [0.15, 0.2) is 12.3 Å². The first-order valence-electron chi connectivity index (χ1n) is 9.83. The number of amides is 1. The van der Waals surface area contributed by atoms with Gasteiger partial charge in [0, 0.05) is 18.8 Å². The molecule has 1 aromatic rings. The molecule has 2 heterocycles. The largest absolute Gasteiger partial charge is 0.347 e. The number of nitrogens with zero attached hydrogens (tertiary/aromatic N) is 2. The van der Waals surface area contributed by atoms with Crippen LogP contribution in [0.3, 0.4) is 0 Å². The summed E-state index contributed by atoms with van der Waals surface area (Å²) in [6, 6.07) is 2.67. The minimum atomic E-state index is 0. The van der Waals surface area contributed by atoms with Crippen LogP contribution in [-0.4, -0.2) is 34.8 Å². The number of hydrogen-bond donors (Lipinski definition) is 2. The highest BCUT2D eigenvalue weighted by molar-refractivity contribution is 5.92. The van der Waals surface area contributed by atoms with Crippen molar-refractivity contribution < 1.29 is 4.79 Å². The number of hydrogen-bond acceptors (Lipinski definition) is 3. The summed E-state index contributed by atoms with van der Waals surface area (Å²) in [5.74, 6) is 3.36. The van der Waals surface area contributed by atoms with E-state index in [1.807, 2.05) is 16.9 Å². The minimum absolute atomic E-state index is 0. The van der Waals surface area contributed by atoms with Crippen molar-refractivity contribution in [1.82, 2.24) is 20.4 Å². The van der Waals surface area contributed by atoms with Crippen LogP contribution in [-0.2, 0) is 0 Å². The Bertz CT molecular complexity index is 597. The average molecular weight is 365 g/mol. The number of piperidine rings is 1. The van der Waals surface area contributed by atoms with Crippen LogP contribution in [0.1, 0.15) is 61.5 Å². The molecule has 2 N–H and O–H groups in total. The highest BCUT2D eigenvalue weighted by Gasteiger charge is 2.48. The van der Waals surface area contributed by atoms with Crippen molar-refractivity contribution in [2.75, 3.05) is 13.1 Å². The van der Waals surface area contributed by atoms with E-state index in [-0.39, 0.29) is 18.3 Å². The molecule has 1 aliphatic heterocycles. The van der Waals surface area contributed by atoms with E-state index in [0.717, 1.165) is 43.2 Å². The number of rotatable bonds is 3.